The van der Waals surface area contributed by atoms with Gasteiger partial charge in [0.25, 0.3) is 0 Å². The van der Waals surface area contributed by atoms with Crippen LogP contribution >= 0.6 is 11.6 Å². The Kier molecular flexibility index (Phi) is 4.85. The van der Waals surface area contributed by atoms with E-state index in [0.29, 0.717) is 5.02 Å². The van der Waals surface area contributed by atoms with Crippen LogP contribution in [0, 0.1) is 0 Å². The fourth-order valence-corrected chi connectivity index (χ4v) is 1.44. The van der Waals surface area contributed by atoms with Gasteiger partial charge >= 0.3 is 0 Å². The van der Waals surface area contributed by atoms with Gasteiger partial charge in [-0.1, -0.05) is 29.8 Å². The van der Waals surface area contributed by atoms with E-state index in [-0.39, 0.29) is 11.6 Å². The van der Waals surface area contributed by atoms with Gasteiger partial charge in [0.05, 0.1) is 0 Å². The number of carbonyl (C=O) groups excluding carboxylic acids is 2. The molecule has 0 saturated heterocycles. The van der Waals surface area contributed by atoms with Crippen molar-refractivity contribution >= 4 is 35.3 Å². The first-order valence-corrected chi connectivity index (χ1v) is 5.53. The molecule has 0 fully saturated rings. The second-order valence-electron chi connectivity index (χ2n) is 3.66. The van der Waals surface area contributed by atoms with E-state index in [2.05, 4.69) is 0 Å². The Morgan fingerprint density at radius 3 is 2.06 bits per heavy atom. The van der Waals surface area contributed by atoms with Crippen molar-refractivity contribution < 1.29 is 9.59 Å². The Hall–Kier alpha value is -1.67. The number of hydrogen-bond acceptors (Lipinski definition) is 2. The summed E-state index contributed by atoms with van der Waals surface area (Å²) in [4.78, 5) is 21.8. The second-order valence-corrected chi connectivity index (χ2v) is 4.10. The summed E-state index contributed by atoms with van der Waals surface area (Å²) in [6.07, 6.45) is 6.34. The molecule has 17 heavy (non-hydrogen) atoms. The van der Waals surface area contributed by atoms with Crippen LogP contribution in [0.15, 0.2) is 30.4 Å². The van der Waals surface area contributed by atoms with Gasteiger partial charge in [-0.15, -0.1) is 0 Å². The highest BCUT2D eigenvalue weighted by molar-refractivity contribution is 6.30. The van der Waals surface area contributed by atoms with Crippen LogP contribution in [0.2, 0.25) is 5.02 Å². The van der Waals surface area contributed by atoms with Gasteiger partial charge in [0.2, 0.25) is 0 Å². The predicted molar refractivity (Wildman–Crippen MR) is 70.9 cm³/mol. The van der Waals surface area contributed by atoms with E-state index in [1.165, 1.54) is 26.0 Å². The van der Waals surface area contributed by atoms with Crippen LogP contribution in [0.25, 0.3) is 12.2 Å². The molecule has 0 atom stereocenters. The lowest BCUT2D eigenvalue weighted by Crippen LogP contribution is -1.86. The first kappa shape index (κ1) is 13.4. The van der Waals surface area contributed by atoms with Gasteiger partial charge in [0.1, 0.15) is 0 Å². The van der Waals surface area contributed by atoms with E-state index in [4.69, 9.17) is 11.6 Å². The maximum absolute atomic E-state index is 10.9. The van der Waals surface area contributed by atoms with Crippen LogP contribution < -0.4 is 0 Å². The Bertz CT molecular complexity index is 499. The molecule has 3 heteroatoms. The highest BCUT2D eigenvalue weighted by Crippen LogP contribution is 2.19. The molecule has 88 valence electrons. The SMILES string of the molecule is CC(=O)C=Cc1ccc(Cl)cc1C=CC(C)=O. The molecule has 0 spiro atoms. The number of hydrogen-bond donors (Lipinski definition) is 0. The van der Waals surface area contributed by atoms with Gasteiger partial charge in [0, 0.05) is 5.02 Å². The molecule has 1 rings (SSSR count). The average Bonchev–Trinajstić information content (AvgIpc) is 2.24. The average molecular weight is 249 g/mol. The number of halogens is 1. The van der Waals surface area contributed by atoms with Crippen LogP contribution in [0.1, 0.15) is 25.0 Å². The molecule has 0 aromatic heterocycles. The Morgan fingerprint density at radius 1 is 1.00 bits per heavy atom. The fourth-order valence-electron chi connectivity index (χ4n) is 1.26. The molecule has 0 radical (unpaired) electrons. The van der Waals surface area contributed by atoms with Crippen molar-refractivity contribution in [2.24, 2.45) is 0 Å². The Morgan fingerprint density at radius 2 is 1.53 bits per heavy atom. The summed E-state index contributed by atoms with van der Waals surface area (Å²) in [5, 5.41) is 0.591. The first-order chi connectivity index (χ1) is 7.99. The van der Waals surface area contributed by atoms with Gasteiger partial charge in [-0.25, -0.2) is 0 Å². The van der Waals surface area contributed by atoms with Crippen LogP contribution in [-0.2, 0) is 9.59 Å². The van der Waals surface area contributed by atoms with Crippen molar-refractivity contribution in [3.05, 3.63) is 46.5 Å². The van der Waals surface area contributed by atoms with E-state index < -0.39 is 0 Å². The maximum Gasteiger partial charge on any atom is 0.152 e. The smallest absolute Gasteiger partial charge is 0.152 e. The zero-order chi connectivity index (χ0) is 12.8. The van der Waals surface area contributed by atoms with Crippen molar-refractivity contribution in [2.75, 3.05) is 0 Å². The summed E-state index contributed by atoms with van der Waals surface area (Å²) >= 11 is 5.88. The number of carbonyl (C=O) groups is 2. The molecule has 0 unspecified atom stereocenters. The molecule has 0 heterocycles. The van der Waals surface area contributed by atoms with Gasteiger partial charge in [0.15, 0.2) is 11.6 Å². The predicted octanol–water partition coefficient (Wildman–Crippen LogP) is 3.54. The summed E-state index contributed by atoms with van der Waals surface area (Å²) in [7, 11) is 0. The van der Waals surface area contributed by atoms with Gasteiger partial charge < -0.3 is 0 Å². The molecule has 0 saturated carbocycles. The summed E-state index contributed by atoms with van der Waals surface area (Å²) in [5.41, 5.74) is 1.66. The molecular weight excluding hydrogens is 236 g/mol. The van der Waals surface area contributed by atoms with Crippen molar-refractivity contribution in [1.82, 2.24) is 0 Å². The third kappa shape index (κ3) is 4.79. The molecule has 0 aliphatic heterocycles. The molecule has 2 nitrogen and oxygen atoms in total. The van der Waals surface area contributed by atoms with Gasteiger partial charge in [-0.3, -0.25) is 9.59 Å². The molecule has 1 aromatic carbocycles. The molecule has 0 N–H and O–H groups in total. The topological polar surface area (TPSA) is 34.1 Å². The highest BCUT2D eigenvalue weighted by Gasteiger charge is 1.98. The van der Waals surface area contributed by atoms with Crippen LogP contribution in [-0.4, -0.2) is 11.6 Å². The van der Waals surface area contributed by atoms with E-state index in [0.717, 1.165) is 11.1 Å². The third-order valence-electron chi connectivity index (χ3n) is 2.04. The van der Waals surface area contributed by atoms with E-state index in [1.807, 2.05) is 6.07 Å². The summed E-state index contributed by atoms with van der Waals surface area (Å²) in [6.45, 7) is 2.96. The van der Waals surface area contributed by atoms with Crippen LogP contribution in [0.3, 0.4) is 0 Å². The monoisotopic (exact) mass is 248 g/mol. The number of allylic oxidation sites excluding steroid dienone is 2. The quantitative estimate of drug-likeness (QED) is 0.764. The lowest BCUT2D eigenvalue weighted by Gasteiger charge is -2.01. The number of rotatable bonds is 4. The largest absolute Gasteiger partial charge is 0.295 e. The summed E-state index contributed by atoms with van der Waals surface area (Å²) in [6, 6.07) is 5.30. The Balaban J connectivity index is 3.12. The zero-order valence-corrected chi connectivity index (χ0v) is 10.5. The third-order valence-corrected chi connectivity index (χ3v) is 2.28. The van der Waals surface area contributed by atoms with Crippen LogP contribution in [0.5, 0.6) is 0 Å². The minimum Gasteiger partial charge on any atom is -0.295 e. The minimum atomic E-state index is -0.0357. The van der Waals surface area contributed by atoms with Crippen molar-refractivity contribution in [3.8, 4) is 0 Å². The lowest BCUT2D eigenvalue weighted by molar-refractivity contribution is -0.113. The van der Waals surface area contributed by atoms with Gasteiger partial charge in [-0.05, 0) is 49.3 Å². The molecule has 1 aromatic rings. The Labute approximate surface area is 106 Å². The molecule has 0 aliphatic rings. The van der Waals surface area contributed by atoms with E-state index in [1.54, 1.807) is 24.3 Å². The second kappa shape index (κ2) is 6.16. The van der Waals surface area contributed by atoms with Crippen molar-refractivity contribution in [1.29, 1.82) is 0 Å². The minimum absolute atomic E-state index is 0.0264. The number of ketones is 2. The first-order valence-electron chi connectivity index (χ1n) is 5.16. The zero-order valence-electron chi connectivity index (χ0n) is 9.74. The summed E-state index contributed by atoms with van der Waals surface area (Å²) in [5.74, 6) is -0.0621. The normalized spacial score (nSPS) is 11.2. The summed E-state index contributed by atoms with van der Waals surface area (Å²) < 4.78 is 0. The highest BCUT2D eigenvalue weighted by atomic mass is 35.5. The van der Waals surface area contributed by atoms with Gasteiger partial charge in [-0.2, -0.15) is 0 Å². The van der Waals surface area contributed by atoms with Crippen LogP contribution in [0.4, 0.5) is 0 Å². The molecular formula is C14H13ClO2. The van der Waals surface area contributed by atoms with Crippen molar-refractivity contribution in [2.45, 2.75) is 13.8 Å². The molecule has 0 bridgehead atoms. The van der Waals surface area contributed by atoms with E-state index >= 15 is 0 Å². The van der Waals surface area contributed by atoms with Crippen molar-refractivity contribution in [3.63, 3.8) is 0 Å². The lowest BCUT2D eigenvalue weighted by atomic mass is 10.1. The number of benzene rings is 1. The maximum atomic E-state index is 10.9. The standard InChI is InChI=1S/C14H13ClO2/c1-10(16)3-5-12-7-8-14(15)9-13(12)6-4-11(2)17/h3-9H,1-2H3. The molecule has 0 amide bonds. The molecule has 0 aliphatic carbocycles. The van der Waals surface area contributed by atoms with E-state index in [9.17, 15) is 9.59 Å². The fraction of sp³-hybridized carbons (Fsp3) is 0.143.